The molecular formula is C16H30N2O. The second kappa shape index (κ2) is 5.92. The van der Waals surface area contributed by atoms with Crippen molar-refractivity contribution >= 4 is 6.29 Å². The van der Waals surface area contributed by atoms with Gasteiger partial charge in [0.2, 0.25) is 0 Å². The van der Waals surface area contributed by atoms with Crippen LogP contribution in [0.1, 0.15) is 51.4 Å². The minimum Gasteiger partial charge on any atom is -0.304 e. The van der Waals surface area contributed by atoms with E-state index in [4.69, 9.17) is 0 Å². The summed E-state index contributed by atoms with van der Waals surface area (Å²) in [5.41, 5.74) is 0.317. The van der Waals surface area contributed by atoms with Crippen molar-refractivity contribution in [1.82, 2.24) is 9.80 Å². The Kier molecular flexibility index (Phi) is 4.67. The molecule has 0 aromatic carbocycles. The lowest BCUT2D eigenvalue weighted by molar-refractivity contribution is -0.119. The molecule has 2 saturated carbocycles. The van der Waals surface area contributed by atoms with Gasteiger partial charge >= 0.3 is 0 Å². The van der Waals surface area contributed by atoms with Gasteiger partial charge in [0.25, 0.3) is 0 Å². The Morgan fingerprint density at radius 1 is 0.895 bits per heavy atom. The molecule has 2 aliphatic rings. The van der Waals surface area contributed by atoms with Gasteiger partial charge in [-0.2, -0.15) is 0 Å². The van der Waals surface area contributed by atoms with Crippen LogP contribution < -0.4 is 0 Å². The van der Waals surface area contributed by atoms with Crippen molar-refractivity contribution in [1.29, 1.82) is 0 Å². The van der Waals surface area contributed by atoms with Gasteiger partial charge in [-0.05, 0) is 53.2 Å². The number of hydrogen-bond donors (Lipinski definition) is 0. The van der Waals surface area contributed by atoms with Crippen molar-refractivity contribution in [2.75, 3.05) is 34.2 Å². The fraction of sp³-hybridized carbons (Fsp3) is 0.938. The molecule has 0 atom stereocenters. The van der Waals surface area contributed by atoms with Crippen molar-refractivity contribution in [2.24, 2.45) is 5.41 Å². The van der Waals surface area contributed by atoms with Crippen LogP contribution in [0.25, 0.3) is 0 Å². The van der Waals surface area contributed by atoms with Crippen molar-refractivity contribution in [2.45, 2.75) is 56.9 Å². The molecule has 0 unspecified atom stereocenters. The van der Waals surface area contributed by atoms with E-state index in [1.54, 1.807) is 0 Å². The molecule has 3 heteroatoms. The maximum absolute atomic E-state index is 11.6. The summed E-state index contributed by atoms with van der Waals surface area (Å²) in [6, 6.07) is 0. The largest absolute Gasteiger partial charge is 0.304 e. The Morgan fingerprint density at radius 2 is 1.53 bits per heavy atom. The highest BCUT2D eigenvalue weighted by atomic mass is 16.1. The van der Waals surface area contributed by atoms with Crippen molar-refractivity contribution in [3.05, 3.63) is 0 Å². The van der Waals surface area contributed by atoms with E-state index in [0.717, 1.165) is 25.9 Å². The fourth-order valence-corrected chi connectivity index (χ4v) is 4.00. The average molecular weight is 266 g/mol. The summed E-state index contributed by atoms with van der Waals surface area (Å²) in [6.07, 6.45) is 11.2. The number of nitrogens with zero attached hydrogens (tertiary/aromatic N) is 2. The quantitative estimate of drug-likeness (QED) is 0.690. The van der Waals surface area contributed by atoms with Crippen LogP contribution in [0.15, 0.2) is 0 Å². The minimum absolute atomic E-state index is 0.0513. The van der Waals surface area contributed by atoms with Gasteiger partial charge in [-0.15, -0.1) is 0 Å². The van der Waals surface area contributed by atoms with Gasteiger partial charge in [0, 0.05) is 24.0 Å². The molecular weight excluding hydrogens is 236 g/mol. The molecule has 19 heavy (non-hydrogen) atoms. The van der Waals surface area contributed by atoms with Crippen LogP contribution >= 0.6 is 0 Å². The molecule has 0 aromatic heterocycles. The van der Waals surface area contributed by atoms with E-state index in [2.05, 4.69) is 30.9 Å². The lowest BCUT2D eigenvalue weighted by atomic mass is 9.73. The number of aldehydes is 1. The minimum atomic E-state index is -0.0513. The first-order valence-electron chi connectivity index (χ1n) is 7.84. The molecule has 2 aliphatic carbocycles. The molecule has 0 saturated heterocycles. The van der Waals surface area contributed by atoms with Crippen LogP contribution in [0.4, 0.5) is 0 Å². The van der Waals surface area contributed by atoms with Crippen LogP contribution in [0.5, 0.6) is 0 Å². The third-order valence-corrected chi connectivity index (χ3v) is 5.48. The molecule has 0 spiro atoms. The second-order valence-corrected chi connectivity index (χ2v) is 7.19. The summed E-state index contributed by atoms with van der Waals surface area (Å²) in [7, 11) is 6.59. The Balaban J connectivity index is 1.92. The maximum Gasteiger partial charge on any atom is 0.127 e. The number of carbonyl (C=O) groups is 1. The highest BCUT2D eigenvalue weighted by Gasteiger charge is 2.41. The standard InChI is InChI=1S/C16H30N2O/c1-17(2)16(10-7-11-16)13-18(3)12-15(14-19)8-5-4-6-9-15/h14H,4-13H2,1-3H3. The van der Waals surface area contributed by atoms with Gasteiger partial charge in [-0.25, -0.2) is 0 Å². The van der Waals surface area contributed by atoms with Crippen molar-refractivity contribution in [3.8, 4) is 0 Å². The summed E-state index contributed by atoms with van der Waals surface area (Å²) in [5, 5.41) is 0. The van der Waals surface area contributed by atoms with E-state index < -0.39 is 0 Å². The zero-order valence-corrected chi connectivity index (χ0v) is 13.0. The molecule has 0 aliphatic heterocycles. The topological polar surface area (TPSA) is 23.6 Å². The van der Waals surface area contributed by atoms with E-state index in [1.165, 1.54) is 44.8 Å². The third-order valence-electron chi connectivity index (χ3n) is 5.48. The summed E-state index contributed by atoms with van der Waals surface area (Å²) < 4.78 is 0. The first kappa shape index (κ1) is 15.0. The van der Waals surface area contributed by atoms with E-state index in [0.29, 0.717) is 5.54 Å². The highest BCUT2D eigenvalue weighted by Crippen LogP contribution is 2.39. The van der Waals surface area contributed by atoms with Gasteiger partial charge in [0.15, 0.2) is 0 Å². The van der Waals surface area contributed by atoms with Crippen molar-refractivity contribution < 1.29 is 4.79 Å². The fourth-order valence-electron chi connectivity index (χ4n) is 4.00. The predicted octanol–water partition coefficient (Wildman–Crippen LogP) is 2.55. The Labute approximate surface area is 118 Å². The van der Waals surface area contributed by atoms with Gasteiger partial charge < -0.3 is 14.6 Å². The van der Waals surface area contributed by atoms with Gasteiger partial charge in [0.1, 0.15) is 6.29 Å². The van der Waals surface area contributed by atoms with E-state index in [-0.39, 0.29) is 5.41 Å². The third kappa shape index (κ3) is 3.19. The molecule has 110 valence electrons. The van der Waals surface area contributed by atoms with Gasteiger partial charge in [0.05, 0.1) is 0 Å². The van der Waals surface area contributed by atoms with Crippen LogP contribution in [-0.4, -0.2) is 55.9 Å². The summed E-state index contributed by atoms with van der Waals surface area (Å²) in [4.78, 5) is 16.4. The van der Waals surface area contributed by atoms with Crippen molar-refractivity contribution in [3.63, 3.8) is 0 Å². The molecule has 0 amide bonds. The predicted molar refractivity (Wildman–Crippen MR) is 79.3 cm³/mol. The Morgan fingerprint density at radius 3 is 1.95 bits per heavy atom. The van der Waals surface area contributed by atoms with Crippen LogP contribution in [0, 0.1) is 5.41 Å². The highest BCUT2D eigenvalue weighted by molar-refractivity contribution is 5.60. The molecule has 0 aromatic rings. The normalized spacial score (nSPS) is 25.3. The second-order valence-electron chi connectivity index (χ2n) is 7.19. The van der Waals surface area contributed by atoms with Gasteiger partial charge in [-0.3, -0.25) is 0 Å². The molecule has 0 radical (unpaired) electrons. The molecule has 0 heterocycles. The Hall–Kier alpha value is -0.410. The lowest BCUT2D eigenvalue weighted by Crippen LogP contribution is -2.57. The molecule has 3 nitrogen and oxygen atoms in total. The number of rotatable bonds is 6. The summed E-state index contributed by atoms with van der Waals surface area (Å²) in [5.74, 6) is 0. The first-order chi connectivity index (χ1) is 9.02. The average Bonchev–Trinajstić information content (AvgIpc) is 2.34. The molecule has 0 N–H and O–H groups in total. The smallest absolute Gasteiger partial charge is 0.127 e. The first-order valence-corrected chi connectivity index (χ1v) is 7.84. The SMILES string of the molecule is CN(CC1(C=O)CCCCC1)CC1(N(C)C)CCC1. The van der Waals surface area contributed by atoms with Gasteiger partial charge in [-0.1, -0.05) is 19.3 Å². The molecule has 2 rings (SSSR count). The maximum atomic E-state index is 11.6. The monoisotopic (exact) mass is 266 g/mol. The number of carbonyl (C=O) groups excluding carboxylic acids is 1. The van der Waals surface area contributed by atoms with Crippen LogP contribution in [-0.2, 0) is 4.79 Å². The Bertz CT molecular complexity index is 304. The molecule has 0 bridgehead atoms. The zero-order chi connectivity index (χ0) is 13.9. The number of hydrogen-bond acceptors (Lipinski definition) is 3. The zero-order valence-electron chi connectivity index (χ0n) is 13.0. The van der Waals surface area contributed by atoms with Crippen LogP contribution in [0.2, 0.25) is 0 Å². The summed E-state index contributed by atoms with van der Waals surface area (Å²) >= 11 is 0. The summed E-state index contributed by atoms with van der Waals surface area (Å²) in [6.45, 7) is 2.06. The van der Waals surface area contributed by atoms with E-state index in [9.17, 15) is 4.79 Å². The van der Waals surface area contributed by atoms with E-state index >= 15 is 0 Å². The number of likely N-dealkylation sites (N-methyl/N-ethyl adjacent to an activating group) is 2. The molecule has 2 fully saturated rings. The van der Waals surface area contributed by atoms with E-state index in [1.807, 2.05) is 0 Å². The lowest BCUT2D eigenvalue weighted by Gasteiger charge is -2.50. The van der Waals surface area contributed by atoms with Crippen LogP contribution in [0.3, 0.4) is 0 Å².